The number of nitrogens with zero attached hydrogens (tertiary/aromatic N) is 1. The Hall–Kier alpha value is -1.15. The van der Waals surface area contributed by atoms with Gasteiger partial charge in [0.25, 0.3) is 0 Å². The van der Waals surface area contributed by atoms with E-state index in [4.69, 9.17) is 12.6 Å². The summed E-state index contributed by atoms with van der Waals surface area (Å²) in [7, 11) is 0. The minimum absolute atomic E-state index is 0.960. The Kier molecular flexibility index (Phi) is 2.61. The number of aromatic nitrogens is 1. The van der Waals surface area contributed by atoms with Crippen molar-refractivity contribution in [2.45, 2.75) is 32.1 Å². The van der Waals surface area contributed by atoms with E-state index in [2.05, 4.69) is 31.0 Å². The third-order valence-electron chi connectivity index (χ3n) is 2.83. The minimum atomic E-state index is 0.960. The topological polar surface area (TPSA) is 12.9 Å². The van der Waals surface area contributed by atoms with E-state index in [0.29, 0.717) is 0 Å². The molecule has 0 atom stereocenters. The summed E-state index contributed by atoms with van der Waals surface area (Å²) in [6, 6.07) is 6.19. The van der Waals surface area contributed by atoms with Crippen LogP contribution in [0.25, 0.3) is 10.9 Å². The lowest BCUT2D eigenvalue weighted by atomic mass is 10.1. The Morgan fingerprint density at radius 1 is 1.27 bits per heavy atom. The van der Waals surface area contributed by atoms with Gasteiger partial charge in [-0.1, -0.05) is 25.1 Å². The van der Waals surface area contributed by atoms with Crippen LogP contribution >= 0.6 is 0 Å². The first kappa shape index (κ1) is 10.4. The number of benzene rings is 1. The van der Waals surface area contributed by atoms with Crippen LogP contribution in [0, 0.1) is 13.8 Å². The van der Waals surface area contributed by atoms with Crippen LogP contribution in [0.1, 0.15) is 23.7 Å². The van der Waals surface area contributed by atoms with Crippen molar-refractivity contribution in [1.82, 2.24) is 4.98 Å². The quantitative estimate of drug-likeness (QED) is 0.678. The van der Waals surface area contributed by atoms with Crippen LogP contribution in [-0.4, -0.2) is 4.98 Å². The monoisotopic (exact) mass is 216 g/mol. The number of pyridine rings is 1. The van der Waals surface area contributed by atoms with Crippen molar-refractivity contribution >= 4 is 23.5 Å². The molecule has 2 heteroatoms. The number of hydrogen-bond acceptors (Lipinski definition) is 2. The summed E-state index contributed by atoms with van der Waals surface area (Å²) >= 11 is 5.50. The Balaban J connectivity index is 2.91. The highest BCUT2D eigenvalue weighted by Gasteiger charge is 2.04. The fraction of sp³-hybridized carbons (Fsp3) is 0.308. The molecule has 0 amide bonds. The van der Waals surface area contributed by atoms with Gasteiger partial charge in [-0.05, 0) is 36.8 Å². The average molecular weight is 216 g/mol. The molecule has 1 aromatic heterocycles. The maximum Gasteiger partial charge on any atom is 0.0719 e. The molecule has 2 aromatic rings. The second kappa shape index (κ2) is 3.78. The number of aryl methyl sites for hydroxylation is 2. The Labute approximate surface area is 95.9 Å². The molecule has 1 aromatic carbocycles. The maximum atomic E-state index is 5.50. The van der Waals surface area contributed by atoms with E-state index < -0.39 is 0 Å². The summed E-state index contributed by atoms with van der Waals surface area (Å²) in [5, 5.41) is 1.12. The highest BCUT2D eigenvalue weighted by molar-refractivity contribution is 7.59. The van der Waals surface area contributed by atoms with Crippen molar-refractivity contribution in [3.63, 3.8) is 0 Å². The van der Waals surface area contributed by atoms with Gasteiger partial charge in [0.1, 0.15) is 0 Å². The van der Waals surface area contributed by atoms with Crippen molar-refractivity contribution < 1.29 is 0 Å². The molecule has 1 nitrogen and oxygen atoms in total. The van der Waals surface area contributed by atoms with Crippen molar-refractivity contribution in [3.8, 4) is 0 Å². The molecule has 0 saturated heterocycles. The third-order valence-corrected chi connectivity index (χ3v) is 3.29. The lowest BCUT2D eigenvalue weighted by Gasteiger charge is -2.19. The SMILES string of the molecule is CCc1c(C)nc2c(C)cccc2c1[S-]. The van der Waals surface area contributed by atoms with Gasteiger partial charge in [0.05, 0.1) is 5.52 Å². The fourth-order valence-corrected chi connectivity index (χ4v) is 2.43. The Bertz CT molecular complexity index is 517. The smallest absolute Gasteiger partial charge is 0.0719 e. The van der Waals surface area contributed by atoms with Gasteiger partial charge in [0.2, 0.25) is 0 Å². The van der Waals surface area contributed by atoms with Crippen LogP contribution in [0.2, 0.25) is 0 Å². The third kappa shape index (κ3) is 1.59. The molecule has 0 aliphatic carbocycles. The van der Waals surface area contributed by atoms with Gasteiger partial charge in [-0.2, -0.15) is 4.90 Å². The molecule has 0 spiro atoms. The normalized spacial score (nSPS) is 10.9. The van der Waals surface area contributed by atoms with Gasteiger partial charge in [-0.25, -0.2) is 0 Å². The van der Waals surface area contributed by atoms with E-state index in [-0.39, 0.29) is 0 Å². The van der Waals surface area contributed by atoms with Gasteiger partial charge in [-0.15, -0.1) is 0 Å². The van der Waals surface area contributed by atoms with E-state index in [1.165, 1.54) is 11.1 Å². The molecular formula is C13H14NS-. The second-order valence-electron chi connectivity index (χ2n) is 3.83. The molecule has 0 N–H and O–H groups in total. The summed E-state index contributed by atoms with van der Waals surface area (Å²) in [4.78, 5) is 5.62. The van der Waals surface area contributed by atoms with Crippen LogP contribution in [0.4, 0.5) is 0 Å². The lowest BCUT2D eigenvalue weighted by Crippen LogP contribution is -1.97. The molecule has 2 rings (SSSR count). The molecule has 0 bridgehead atoms. The molecule has 0 fully saturated rings. The maximum absolute atomic E-state index is 5.50. The lowest BCUT2D eigenvalue weighted by molar-refractivity contribution is 1.02. The van der Waals surface area contributed by atoms with Crippen LogP contribution in [-0.2, 0) is 19.0 Å². The van der Waals surface area contributed by atoms with Gasteiger partial charge in [-0.3, -0.25) is 4.98 Å². The van der Waals surface area contributed by atoms with Crippen LogP contribution in [0.3, 0.4) is 0 Å². The highest BCUT2D eigenvalue weighted by Crippen LogP contribution is 2.25. The first-order valence-corrected chi connectivity index (χ1v) is 5.61. The first-order valence-electron chi connectivity index (χ1n) is 5.21. The molecular weight excluding hydrogens is 202 g/mol. The van der Waals surface area contributed by atoms with Gasteiger partial charge < -0.3 is 12.6 Å². The van der Waals surface area contributed by atoms with E-state index >= 15 is 0 Å². The van der Waals surface area contributed by atoms with Crippen molar-refractivity contribution in [1.29, 1.82) is 0 Å². The summed E-state index contributed by atoms with van der Waals surface area (Å²) in [5.41, 5.74) is 4.54. The van der Waals surface area contributed by atoms with Gasteiger partial charge in [0.15, 0.2) is 0 Å². The van der Waals surface area contributed by atoms with Crippen molar-refractivity contribution in [2.75, 3.05) is 0 Å². The molecule has 15 heavy (non-hydrogen) atoms. The van der Waals surface area contributed by atoms with E-state index in [1.54, 1.807) is 0 Å². The zero-order valence-electron chi connectivity index (χ0n) is 9.29. The van der Waals surface area contributed by atoms with E-state index in [9.17, 15) is 0 Å². The minimum Gasteiger partial charge on any atom is -0.779 e. The fourth-order valence-electron chi connectivity index (χ4n) is 1.97. The van der Waals surface area contributed by atoms with E-state index in [1.807, 2.05) is 13.0 Å². The number of fused-ring (bicyclic) bond motifs is 1. The summed E-state index contributed by atoms with van der Waals surface area (Å²) < 4.78 is 0. The molecule has 0 radical (unpaired) electrons. The molecule has 0 unspecified atom stereocenters. The molecule has 1 heterocycles. The largest absolute Gasteiger partial charge is 0.779 e. The van der Waals surface area contributed by atoms with Crippen molar-refractivity contribution in [3.05, 3.63) is 35.0 Å². The molecule has 0 saturated carbocycles. The number of hydrogen-bond donors (Lipinski definition) is 0. The second-order valence-corrected chi connectivity index (χ2v) is 4.24. The highest BCUT2D eigenvalue weighted by atomic mass is 32.1. The standard InChI is InChI=1S/C13H15NS/c1-4-10-9(3)14-12-8(2)6-5-7-11(12)13(10)15/h5-7H,4H2,1-3H3,(H,14,15)/p-1. The molecule has 0 aliphatic rings. The predicted octanol–water partition coefficient (Wildman–Crippen LogP) is 3.32. The zero-order valence-corrected chi connectivity index (χ0v) is 10.1. The van der Waals surface area contributed by atoms with Gasteiger partial charge in [0, 0.05) is 5.69 Å². The molecule has 0 aliphatic heterocycles. The van der Waals surface area contributed by atoms with Crippen LogP contribution in [0.5, 0.6) is 0 Å². The number of para-hydroxylation sites is 1. The van der Waals surface area contributed by atoms with Crippen molar-refractivity contribution in [2.24, 2.45) is 0 Å². The predicted molar refractivity (Wildman–Crippen MR) is 66.2 cm³/mol. The van der Waals surface area contributed by atoms with Crippen LogP contribution < -0.4 is 0 Å². The first-order chi connectivity index (χ1) is 7.15. The summed E-state index contributed by atoms with van der Waals surface area (Å²) in [6.07, 6.45) is 0.960. The summed E-state index contributed by atoms with van der Waals surface area (Å²) in [6.45, 7) is 6.25. The number of rotatable bonds is 1. The summed E-state index contributed by atoms with van der Waals surface area (Å²) in [5.74, 6) is 0. The Morgan fingerprint density at radius 3 is 2.67 bits per heavy atom. The molecule has 78 valence electrons. The average Bonchev–Trinajstić information content (AvgIpc) is 2.20. The zero-order chi connectivity index (χ0) is 11.0. The van der Waals surface area contributed by atoms with Gasteiger partial charge >= 0.3 is 0 Å². The van der Waals surface area contributed by atoms with Crippen LogP contribution in [0.15, 0.2) is 23.1 Å². The van der Waals surface area contributed by atoms with E-state index in [0.717, 1.165) is 27.9 Å². The Morgan fingerprint density at radius 2 is 2.00 bits per heavy atom.